The van der Waals surface area contributed by atoms with Gasteiger partial charge in [-0.15, -0.1) is 0 Å². The van der Waals surface area contributed by atoms with Gasteiger partial charge in [-0.3, -0.25) is 24.0 Å². The van der Waals surface area contributed by atoms with Crippen molar-refractivity contribution < 1.29 is 23.9 Å². The van der Waals surface area contributed by atoms with E-state index in [0.717, 1.165) is 17.5 Å². The minimum Gasteiger partial charge on any atom is -0.463 e. The molecule has 1 N–H and O–H groups in total. The van der Waals surface area contributed by atoms with E-state index in [1.165, 1.54) is 43.5 Å². The van der Waals surface area contributed by atoms with E-state index in [1.807, 2.05) is 13.0 Å². The maximum Gasteiger partial charge on any atom is 0.376 e. The van der Waals surface area contributed by atoms with Crippen molar-refractivity contribution in [3.05, 3.63) is 58.6 Å². The number of carbonyl (C=O) groups is 4. The number of Topliss-reactive ketones (excluding diaryl/α,β-unsaturated/α-hetero) is 1. The minimum absolute atomic E-state index is 0.0564. The molecule has 6 rings (SSSR count). The zero-order chi connectivity index (χ0) is 30.6. The van der Waals surface area contributed by atoms with Crippen LogP contribution >= 0.6 is 15.9 Å². The average molecular weight is 647 g/mol. The molecular weight excluding hydrogens is 620 g/mol. The van der Waals surface area contributed by atoms with Crippen molar-refractivity contribution in [2.75, 3.05) is 12.4 Å². The third-order valence-corrected chi connectivity index (χ3v) is 8.47. The predicted octanol–water partition coefficient (Wildman–Crippen LogP) is 3.36. The number of benzene rings is 1. The maximum absolute atomic E-state index is 13.9. The number of nitrogens with one attached hydrogen (secondary N) is 1. The molecule has 3 atom stereocenters. The molecule has 2 amide bonds. The highest BCUT2D eigenvalue weighted by Crippen LogP contribution is 2.59. The van der Waals surface area contributed by atoms with Crippen LogP contribution in [0.4, 0.5) is 5.82 Å². The van der Waals surface area contributed by atoms with E-state index in [9.17, 15) is 19.2 Å². The Morgan fingerprint density at radius 1 is 1.09 bits per heavy atom. The number of methoxy groups -OCH3 is 1. The number of halogens is 1. The van der Waals surface area contributed by atoms with Gasteiger partial charge in [-0.2, -0.15) is 5.10 Å². The third kappa shape index (κ3) is 5.15. The molecule has 43 heavy (non-hydrogen) atoms. The van der Waals surface area contributed by atoms with Crippen LogP contribution in [0.25, 0.3) is 22.0 Å². The molecule has 2 fully saturated rings. The van der Waals surface area contributed by atoms with Gasteiger partial charge in [0.15, 0.2) is 11.6 Å². The lowest BCUT2D eigenvalue weighted by molar-refractivity contribution is -0.138. The molecule has 4 aromatic rings. The lowest BCUT2D eigenvalue weighted by Crippen LogP contribution is -2.46. The Hall–Kier alpha value is -4.59. The van der Waals surface area contributed by atoms with Crippen LogP contribution in [0.5, 0.6) is 0 Å². The van der Waals surface area contributed by atoms with E-state index in [-0.39, 0.29) is 47.1 Å². The van der Waals surface area contributed by atoms with Crippen LogP contribution in [0.2, 0.25) is 0 Å². The van der Waals surface area contributed by atoms with Gasteiger partial charge in [-0.1, -0.05) is 6.92 Å². The lowest BCUT2D eigenvalue weighted by atomic mass is 10.0. The van der Waals surface area contributed by atoms with Gasteiger partial charge in [-0.05, 0) is 64.4 Å². The summed E-state index contributed by atoms with van der Waals surface area (Å²) < 4.78 is 6.69. The van der Waals surface area contributed by atoms with E-state index >= 15 is 0 Å². The summed E-state index contributed by atoms with van der Waals surface area (Å²) in [6.45, 7) is 5.22. The van der Waals surface area contributed by atoms with Crippen molar-refractivity contribution in [1.82, 2.24) is 34.6 Å². The topological polar surface area (TPSA) is 162 Å². The van der Waals surface area contributed by atoms with Crippen LogP contribution in [0, 0.1) is 12.3 Å². The Labute approximate surface area is 254 Å². The van der Waals surface area contributed by atoms with Crippen LogP contribution in [0.1, 0.15) is 53.4 Å². The number of esters is 1. The first-order chi connectivity index (χ1) is 20.5. The molecule has 220 valence electrons. The van der Waals surface area contributed by atoms with Crippen LogP contribution in [-0.2, 0) is 20.9 Å². The Balaban J connectivity index is 1.30. The summed E-state index contributed by atoms with van der Waals surface area (Å²) in [4.78, 5) is 69.6. The molecule has 1 aliphatic heterocycles. The van der Waals surface area contributed by atoms with Gasteiger partial charge in [0.2, 0.25) is 17.6 Å². The van der Waals surface area contributed by atoms with Gasteiger partial charge in [0.25, 0.3) is 0 Å². The van der Waals surface area contributed by atoms with Gasteiger partial charge in [0.05, 0.1) is 25.0 Å². The van der Waals surface area contributed by atoms with Crippen molar-refractivity contribution in [1.29, 1.82) is 0 Å². The molecule has 0 bridgehead atoms. The van der Waals surface area contributed by atoms with E-state index in [2.05, 4.69) is 57.9 Å². The number of aromatic nitrogens is 6. The Morgan fingerprint density at radius 3 is 2.51 bits per heavy atom. The highest BCUT2D eigenvalue weighted by Gasteiger charge is 2.64. The summed E-state index contributed by atoms with van der Waals surface area (Å²) in [5.74, 6) is -1.27. The molecule has 1 saturated carbocycles. The number of piperidine rings is 1. The Kier molecular flexibility index (Phi) is 7.03. The number of aryl methyl sites for hydroxylation is 1. The molecule has 3 aromatic heterocycles. The number of hydrogen-bond acceptors (Lipinski definition) is 10. The molecule has 0 radical (unpaired) electrons. The predicted molar refractivity (Wildman–Crippen MR) is 157 cm³/mol. The molecule has 4 heterocycles. The fourth-order valence-electron chi connectivity index (χ4n) is 5.92. The molecule has 0 unspecified atom stereocenters. The summed E-state index contributed by atoms with van der Waals surface area (Å²) in [6, 6.07) is 2.95. The first kappa shape index (κ1) is 28.5. The van der Waals surface area contributed by atoms with E-state index in [1.54, 1.807) is 11.0 Å². The second kappa shape index (κ2) is 10.6. The lowest BCUT2D eigenvalue weighted by Gasteiger charge is -2.27. The molecule has 0 spiro atoms. The highest BCUT2D eigenvalue weighted by molar-refractivity contribution is 9.10. The number of hydrogen-bond donors (Lipinski definition) is 1. The fraction of sp³-hybridized carbons (Fsp3) is 0.345. The number of amides is 2. The van der Waals surface area contributed by atoms with Crippen LogP contribution < -0.4 is 5.32 Å². The minimum atomic E-state index is -0.674. The molecule has 1 aliphatic carbocycles. The van der Waals surface area contributed by atoms with Gasteiger partial charge >= 0.3 is 5.97 Å². The Bertz CT molecular complexity index is 1820. The largest absolute Gasteiger partial charge is 0.463 e. The van der Waals surface area contributed by atoms with Crippen molar-refractivity contribution >= 4 is 56.2 Å². The first-order valence-electron chi connectivity index (χ1n) is 13.5. The molecule has 1 aromatic carbocycles. The summed E-state index contributed by atoms with van der Waals surface area (Å²) in [5, 5.41) is 7.91. The summed E-state index contributed by atoms with van der Waals surface area (Å²) in [7, 11) is 1.25. The first-order valence-corrected chi connectivity index (χ1v) is 14.3. The van der Waals surface area contributed by atoms with Crippen LogP contribution in [0.15, 0.2) is 41.5 Å². The molecular formula is C29H27BrN8O5. The molecule has 1 saturated heterocycles. The highest BCUT2D eigenvalue weighted by atomic mass is 79.9. The number of ketones is 1. The van der Waals surface area contributed by atoms with E-state index < -0.39 is 12.0 Å². The second-order valence-corrected chi connectivity index (χ2v) is 12.0. The van der Waals surface area contributed by atoms with Gasteiger partial charge in [0, 0.05) is 36.3 Å². The number of ether oxygens (including phenoxy) is 1. The van der Waals surface area contributed by atoms with E-state index in [0.29, 0.717) is 33.3 Å². The third-order valence-electron chi connectivity index (χ3n) is 8.09. The van der Waals surface area contributed by atoms with Crippen molar-refractivity contribution in [3.63, 3.8) is 0 Å². The zero-order valence-corrected chi connectivity index (χ0v) is 25.4. The molecule has 2 aliphatic rings. The summed E-state index contributed by atoms with van der Waals surface area (Å²) >= 11 is 3.25. The fourth-order valence-corrected chi connectivity index (χ4v) is 6.23. The summed E-state index contributed by atoms with van der Waals surface area (Å²) in [6.07, 6.45) is 7.33. The monoisotopic (exact) mass is 646 g/mol. The quantitative estimate of drug-likeness (QED) is 0.233. The number of nitrogens with zero attached hydrogens (tertiary/aromatic N) is 7. The van der Waals surface area contributed by atoms with Gasteiger partial charge < -0.3 is 15.0 Å². The zero-order valence-electron chi connectivity index (χ0n) is 23.8. The average Bonchev–Trinajstić information content (AvgIpc) is 3.33. The number of carbonyl (C=O) groups excluding carboxylic acids is 4. The smallest absolute Gasteiger partial charge is 0.376 e. The van der Waals surface area contributed by atoms with Crippen LogP contribution in [0.3, 0.4) is 0 Å². The normalized spacial score (nSPS) is 20.5. The number of rotatable bonds is 7. The number of likely N-dealkylation sites (tertiary alicyclic amines) is 1. The number of anilines is 1. The van der Waals surface area contributed by atoms with Crippen molar-refractivity contribution in [2.45, 2.75) is 52.2 Å². The van der Waals surface area contributed by atoms with Crippen LogP contribution in [-0.4, -0.2) is 77.4 Å². The van der Waals surface area contributed by atoms with Crippen molar-refractivity contribution in [2.24, 2.45) is 5.41 Å². The van der Waals surface area contributed by atoms with Gasteiger partial charge in [-0.25, -0.2) is 19.7 Å². The van der Waals surface area contributed by atoms with E-state index in [4.69, 9.17) is 0 Å². The molecule has 14 heteroatoms. The van der Waals surface area contributed by atoms with Crippen molar-refractivity contribution in [3.8, 4) is 11.1 Å². The standard InChI is InChI=1S/C29H27BrN8O5/c1-14-5-16(17-9-32-26(33-10-17)28(42)43-4)6-18-24(15(2)39)36-37(25(14)18)13-23(40)38-19(7-29(3)8-20(29)38)27(41)35-22-12-31-11-21(30)34-22/h5-6,9-12,19-20H,7-8,13H2,1-4H3,(H,34,35,41)/t19-,20+,29-/m0/s1. The Morgan fingerprint density at radius 2 is 1.84 bits per heavy atom. The number of fused-ring (bicyclic) bond motifs is 2. The van der Waals surface area contributed by atoms with Gasteiger partial charge in [0.1, 0.15) is 22.9 Å². The summed E-state index contributed by atoms with van der Waals surface area (Å²) in [5.41, 5.74) is 2.85. The maximum atomic E-state index is 13.9. The SMILES string of the molecule is COC(=O)c1ncc(-c2cc(C)c3c(c2)c(C(C)=O)nn3CC(=O)N2[C@H](C(=O)Nc3cncc(Br)n3)C[C@@]3(C)C[C@@H]23)cn1. The molecule has 13 nitrogen and oxygen atoms in total. The second-order valence-electron chi connectivity index (χ2n) is 11.1.